The number of benzene rings is 1. The molecule has 5 nitrogen and oxygen atoms in total. The van der Waals surface area contributed by atoms with Gasteiger partial charge in [-0.3, -0.25) is 9.48 Å². The van der Waals surface area contributed by atoms with E-state index in [0.29, 0.717) is 17.9 Å². The van der Waals surface area contributed by atoms with Gasteiger partial charge in [0.05, 0.1) is 17.9 Å². The van der Waals surface area contributed by atoms with Crippen molar-refractivity contribution in [3.05, 3.63) is 47.3 Å². The number of hydrogen-bond acceptors (Lipinski definition) is 3. The highest BCUT2D eigenvalue weighted by Crippen LogP contribution is 2.16. The van der Waals surface area contributed by atoms with Gasteiger partial charge in [-0.15, -0.1) is 0 Å². The Kier molecular flexibility index (Phi) is 4.62. The third-order valence-electron chi connectivity index (χ3n) is 3.62. The second kappa shape index (κ2) is 6.43. The Morgan fingerprint density at radius 2 is 2.00 bits per heavy atom. The monoisotopic (exact) mass is 286 g/mol. The van der Waals surface area contributed by atoms with Gasteiger partial charge in [0, 0.05) is 6.54 Å². The zero-order valence-electron chi connectivity index (χ0n) is 12.8. The van der Waals surface area contributed by atoms with Crippen LogP contribution in [0.4, 0.5) is 5.69 Å². The minimum absolute atomic E-state index is 0.0805. The quantitative estimate of drug-likeness (QED) is 0.887. The summed E-state index contributed by atoms with van der Waals surface area (Å²) < 4.78 is 1.61. The van der Waals surface area contributed by atoms with Crippen LogP contribution >= 0.6 is 0 Å². The second-order valence-corrected chi connectivity index (χ2v) is 5.05. The molecule has 2 rings (SSSR count). The Morgan fingerprint density at radius 1 is 1.33 bits per heavy atom. The van der Waals surface area contributed by atoms with Gasteiger partial charge in [-0.05, 0) is 31.4 Å². The standard InChI is InChI=1S/C16H22N4O/c1-4-12-6-8-13(9-7-12)11(3)19-16(21)15-14(17)10-18-20(15)5-2/h6-11H,4-5,17H2,1-3H3,(H,19,21). The van der Waals surface area contributed by atoms with E-state index in [-0.39, 0.29) is 11.9 Å². The first-order valence-corrected chi connectivity index (χ1v) is 7.27. The summed E-state index contributed by atoms with van der Waals surface area (Å²) in [4.78, 5) is 12.4. The number of amides is 1. The summed E-state index contributed by atoms with van der Waals surface area (Å²) in [5.74, 6) is -0.195. The molecule has 0 aliphatic carbocycles. The van der Waals surface area contributed by atoms with Gasteiger partial charge in [-0.2, -0.15) is 5.10 Å². The normalized spacial score (nSPS) is 12.1. The minimum atomic E-state index is -0.195. The van der Waals surface area contributed by atoms with Crippen LogP contribution in [0.25, 0.3) is 0 Å². The average molecular weight is 286 g/mol. The molecule has 0 aliphatic rings. The van der Waals surface area contributed by atoms with Crippen LogP contribution in [-0.2, 0) is 13.0 Å². The van der Waals surface area contributed by atoms with Crippen molar-refractivity contribution in [2.45, 2.75) is 39.8 Å². The number of carbonyl (C=O) groups is 1. The zero-order valence-corrected chi connectivity index (χ0v) is 12.8. The molecule has 1 aromatic heterocycles. The summed E-state index contributed by atoms with van der Waals surface area (Å²) in [7, 11) is 0. The maximum atomic E-state index is 12.4. The van der Waals surface area contributed by atoms with Crippen molar-refractivity contribution in [2.75, 3.05) is 5.73 Å². The van der Waals surface area contributed by atoms with Crippen LogP contribution in [0, 0.1) is 0 Å². The van der Waals surface area contributed by atoms with E-state index in [1.807, 2.05) is 26.0 Å². The molecule has 1 amide bonds. The molecule has 5 heteroatoms. The average Bonchev–Trinajstić information content (AvgIpc) is 2.88. The van der Waals surface area contributed by atoms with Crippen LogP contribution in [0.5, 0.6) is 0 Å². The second-order valence-electron chi connectivity index (χ2n) is 5.05. The molecule has 0 saturated heterocycles. The fourth-order valence-electron chi connectivity index (χ4n) is 2.28. The highest BCUT2D eigenvalue weighted by molar-refractivity contribution is 5.97. The van der Waals surface area contributed by atoms with Crippen molar-refractivity contribution >= 4 is 11.6 Å². The lowest BCUT2D eigenvalue weighted by Crippen LogP contribution is -2.29. The number of nitrogen functional groups attached to an aromatic ring is 1. The Labute approximate surface area is 125 Å². The van der Waals surface area contributed by atoms with E-state index in [1.165, 1.54) is 11.8 Å². The molecule has 0 spiro atoms. The van der Waals surface area contributed by atoms with Crippen LogP contribution in [0.3, 0.4) is 0 Å². The lowest BCUT2D eigenvalue weighted by Gasteiger charge is -2.15. The summed E-state index contributed by atoms with van der Waals surface area (Å²) in [5.41, 5.74) is 9.01. The van der Waals surface area contributed by atoms with Gasteiger partial charge in [0.15, 0.2) is 0 Å². The molecule has 0 fully saturated rings. The summed E-state index contributed by atoms with van der Waals surface area (Å²) in [6, 6.07) is 8.18. The fraction of sp³-hybridized carbons (Fsp3) is 0.375. The molecule has 0 saturated carbocycles. The van der Waals surface area contributed by atoms with Gasteiger partial charge in [-0.1, -0.05) is 31.2 Å². The van der Waals surface area contributed by atoms with E-state index < -0.39 is 0 Å². The van der Waals surface area contributed by atoms with Crippen molar-refractivity contribution in [3.8, 4) is 0 Å². The van der Waals surface area contributed by atoms with Crippen LogP contribution in [0.1, 0.15) is 48.4 Å². The third kappa shape index (κ3) is 3.24. The number of carbonyl (C=O) groups excluding carboxylic acids is 1. The number of nitrogens with zero attached hydrogens (tertiary/aromatic N) is 2. The summed E-state index contributed by atoms with van der Waals surface area (Å²) >= 11 is 0. The Balaban J connectivity index is 2.12. The largest absolute Gasteiger partial charge is 0.396 e. The number of nitrogens with one attached hydrogen (secondary N) is 1. The molecule has 1 aromatic carbocycles. The molecular weight excluding hydrogens is 264 g/mol. The number of aryl methyl sites for hydroxylation is 2. The van der Waals surface area contributed by atoms with Crippen molar-refractivity contribution < 1.29 is 4.79 Å². The van der Waals surface area contributed by atoms with Crippen molar-refractivity contribution in [1.82, 2.24) is 15.1 Å². The smallest absolute Gasteiger partial charge is 0.272 e. The molecule has 0 bridgehead atoms. The molecule has 21 heavy (non-hydrogen) atoms. The maximum absolute atomic E-state index is 12.4. The predicted molar refractivity (Wildman–Crippen MR) is 84.0 cm³/mol. The molecule has 112 valence electrons. The van der Waals surface area contributed by atoms with Crippen LogP contribution in [0.2, 0.25) is 0 Å². The van der Waals surface area contributed by atoms with Gasteiger partial charge in [0.1, 0.15) is 5.69 Å². The minimum Gasteiger partial charge on any atom is -0.396 e. The fourth-order valence-corrected chi connectivity index (χ4v) is 2.28. The van der Waals surface area contributed by atoms with E-state index >= 15 is 0 Å². The third-order valence-corrected chi connectivity index (χ3v) is 3.62. The number of hydrogen-bond donors (Lipinski definition) is 2. The lowest BCUT2D eigenvalue weighted by molar-refractivity contribution is 0.0930. The van der Waals surface area contributed by atoms with Gasteiger partial charge in [0.2, 0.25) is 0 Å². The molecule has 1 heterocycles. The molecule has 0 radical (unpaired) electrons. The number of anilines is 1. The zero-order chi connectivity index (χ0) is 15.4. The molecular formula is C16H22N4O. The predicted octanol–water partition coefficient (Wildman–Crippen LogP) is 2.54. The van der Waals surface area contributed by atoms with Crippen LogP contribution in [0.15, 0.2) is 30.5 Å². The van der Waals surface area contributed by atoms with Crippen molar-refractivity contribution in [2.24, 2.45) is 0 Å². The highest BCUT2D eigenvalue weighted by atomic mass is 16.2. The Morgan fingerprint density at radius 3 is 2.57 bits per heavy atom. The molecule has 1 atom stereocenters. The van der Waals surface area contributed by atoms with E-state index in [9.17, 15) is 4.79 Å². The lowest BCUT2D eigenvalue weighted by atomic mass is 10.0. The summed E-state index contributed by atoms with van der Waals surface area (Å²) in [5, 5.41) is 7.06. The van der Waals surface area contributed by atoms with E-state index in [2.05, 4.69) is 29.5 Å². The van der Waals surface area contributed by atoms with Crippen molar-refractivity contribution in [1.29, 1.82) is 0 Å². The molecule has 0 aliphatic heterocycles. The molecule has 3 N–H and O–H groups in total. The van der Waals surface area contributed by atoms with Gasteiger partial charge in [0.25, 0.3) is 5.91 Å². The summed E-state index contributed by atoms with van der Waals surface area (Å²) in [6.07, 6.45) is 2.52. The molecule has 2 aromatic rings. The molecule has 1 unspecified atom stereocenters. The van der Waals surface area contributed by atoms with E-state index in [0.717, 1.165) is 12.0 Å². The first-order chi connectivity index (χ1) is 10.1. The first-order valence-electron chi connectivity index (χ1n) is 7.27. The maximum Gasteiger partial charge on any atom is 0.272 e. The topological polar surface area (TPSA) is 72.9 Å². The Bertz CT molecular complexity index is 616. The number of nitrogens with two attached hydrogens (primary N) is 1. The van der Waals surface area contributed by atoms with Crippen LogP contribution in [-0.4, -0.2) is 15.7 Å². The van der Waals surface area contributed by atoms with Gasteiger partial charge < -0.3 is 11.1 Å². The van der Waals surface area contributed by atoms with Crippen molar-refractivity contribution in [3.63, 3.8) is 0 Å². The van der Waals surface area contributed by atoms with Gasteiger partial charge in [-0.25, -0.2) is 0 Å². The van der Waals surface area contributed by atoms with Crippen LogP contribution < -0.4 is 11.1 Å². The van der Waals surface area contributed by atoms with Gasteiger partial charge >= 0.3 is 0 Å². The number of rotatable bonds is 5. The summed E-state index contributed by atoms with van der Waals surface area (Å²) in [6.45, 7) is 6.62. The number of aromatic nitrogens is 2. The SMILES string of the molecule is CCc1ccc(C(C)NC(=O)c2c(N)cnn2CC)cc1. The van der Waals surface area contributed by atoms with E-state index in [1.54, 1.807) is 4.68 Å². The Hall–Kier alpha value is -2.30. The first kappa shape index (κ1) is 15.1. The van der Waals surface area contributed by atoms with E-state index in [4.69, 9.17) is 5.73 Å². The highest BCUT2D eigenvalue weighted by Gasteiger charge is 2.18.